The molecule has 0 aliphatic rings. The summed E-state index contributed by atoms with van der Waals surface area (Å²) in [5, 5.41) is 0. The fourth-order valence-corrected chi connectivity index (χ4v) is 2.12. The van der Waals surface area contributed by atoms with E-state index in [2.05, 4.69) is 0 Å². The van der Waals surface area contributed by atoms with Gasteiger partial charge in [-0.2, -0.15) is 0 Å². The fourth-order valence-electron chi connectivity index (χ4n) is 2.12. The maximum Gasteiger partial charge on any atom is 0.254 e. The minimum Gasteiger partial charge on any atom is -0.492 e. The molecule has 0 saturated carbocycles. The molecule has 0 spiro atoms. The zero-order valence-electron chi connectivity index (χ0n) is 12.7. The molecule has 1 aromatic carbocycles. The van der Waals surface area contributed by atoms with Gasteiger partial charge >= 0.3 is 0 Å². The van der Waals surface area contributed by atoms with Crippen LogP contribution in [0.15, 0.2) is 18.2 Å². The number of nitrogens with zero attached hydrogens (tertiary/aromatic N) is 1. The van der Waals surface area contributed by atoms with Gasteiger partial charge in [-0.1, -0.05) is 0 Å². The van der Waals surface area contributed by atoms with E-state index in [1.165, 1.54) is 0 Å². The highest BCUT2D eigenvalue weighted by molar-refractivity contribution is 5.95. The van der Waals surface area contributed by atoms with E-state index in [1.54, 1.807) is 30.2 Å². The Labute approximate surface area is 120 Å². The first-order valence-electron chi connectivity index (χ1n) is 6.87. The Morgan fingerprint density at radius 2 is 2.10 bits per heavy atom. The molecule has 5 heteroatoms. The number of hydrogen-bond acceptors (Lipinski definition) is 4. The van der Waals surface area contributed by atoms with Crippen LogP contribution in [0.25, 0.3) is 0 Å². The van der Waals surface area contributed by atoms with Crippen LogP contribution in [-0.2, 0) is 4.74 Å². The van der Waals surface area contributed by atoms with Crippen LogP contribution < -0.4 is 10.5 Å². The smallest absolute Gasteiger partial charge is 0.254 e. The number of carbonyl (C=O) groups is 1. The van der Waals surface area contributed by atoms with Crippen molar-refractivity contribution in [3.8, 4) is 5.75 Å². The molecule has 0 saturated heterocycles. The predicted octanol–water partition coefficient (Wildman–Crippen LogP) is 2.16. The second kappa shape index (κ2) is 7.75. The van der Waals surface area contributed by atoms with E-state index in [-0.39, 0.29) is 11.9 Å². The van der Waals surface area contributed by atoms with Gasteiger partial charge in [0.05, 0.1) is 24.9 Å². The minimum atomic E-state index is -0.0493. The summed E-state index contributed by atoms with van der Waals surface area (Å²) in [6.45, 7) is 7.47. The highest BCUT2D eigenvalue weighted by Crippen LogP contribution is 2.23. The summed E-state index contributed by atoms with van der Waals surface area (Å²) in [5.74, 6) is 0.559. The molecule has 1 atom stereocenters. The van der Waals surface area contributed by atoms with Crippen LogP contribution in [0.1, 0.15) is 31.1 Å². The molecule has 1 rings (SSSR count). The summed E-state index contributed by atoms with van der Waals surface area (Å²) in [5.41, 5.74) is 6.95. The van der Waals surface area contributed by atoms with E-state index in [1.807, 2.05) is 20.8 Å². The third-order valence-corrected chi connectivity index (χ3v) is 3.10. The van der Waals surface area contributed by atoms with Gasteiger partial charge in [-0.25, -0.2) is 0 Å². The van der Waals surface area contributed by atoms with Crippen LogP contribution in [0.2, 0.25) is 0 Å². The van der Waals surface area contributed by atoms with Crippen LogP contribution in [0.4, 0.5) is 5.69 Å². The van der Waals surface area contributed by atoms with Crippen molar-refractivity contribution in [2.45, 2.75) is 26.8 Å². The SMILES string of the molecule is CCOc1ccc(C(=O)N(CC)C(C)COC)cc1N. The average Bonchev–Trinajstić information content (AvgIpc) is 2.42. The van der Waals surface area contributed by atoms with Gasteiger partial charge in [0.25, 0.3) is 5.91 Å². The number of likely N-dealkylation sites (N-methyl/N-ethyl adjacent to an activating group) is 1. The second-order valence-corrected chi connectivity index (χ2v) is 4.58. The summed E-state index contributed by atoms with van der Waals surface area (Å²) in [7, 11) is 1.63. The lowest BCUT2D eigenvalue weighted by Crippen LogP contribution is -2.40. The zero-order valence-corrected chi connectivity index (χ0v) is 12.7. The number of benzene rings is 1. The molecule has 0 aliphatic carbocycles. The van der Waals surface area contributed by atoms with Gasteiger partial charge in [-0.05, 0) is 39.0 Å². The monoisotopic (exact) mass is 280 g/mol. The van der Waals surface area contributed by atoms with E-state index in [4.69, 9.17) is 15.2 Å². The Morgan fingerprint density at radius 3 is 2.60 bits per heavy atom. The first-order chi connectivity index (χ1) is 9.54. The van der Waals surface area contributed by atoms with Crippen molar-refractivity contribution < 1.29 is 14.3 Å². The Bertz CT molecular complexity index is 449. The minimum absolute atomic E-state index is 0.0188. The molecule has 20 heavy (non-hydrogen) atoms. The molecule has 0 radical (unpaired) electrons. The number of hydrogen-bond donors (Lipinski definition) is 1. The third-order valence-electron chi connectivity index (χ3n) is 3.10. The van der Waals surface area contributed by atoms with Crippen molar-refractivity contribution in [3.05, 3.63) is 23.8 Å². The van der Waals surface area contributed by atoms with Crippen molar-refractivity contribution in [2.75, 3.05) is 32.6 Å². The molecule has 112 valence electrons. The van der Waals surface area contributed by atoms with E-state index in [0.29, 0.717) is 36.8 Å². The van der Waals surface area contributed by atoms with Gasteiger partial charge in [-0.3, -0.25) is 4.79 Å². The Kier molecular flexibility index (Phi) is 6.31. The largest absolute Gasteiger partial charge is 0.492 e. The first kappa shape index (κ1) is 16.3. The molecule has 0 fully saturated rings. The second-order valence-electron chi connectivity index (χ2n) is 4.58. The summed E-state index contributed by atoms with van der Waals surface area (Å²) in [4.78, 5) is 14.3. The summed E-state index contributed by atoms with van der Waals surface area (Å²) < 4.78 is 10.5. The van der Waals surface area contributed by atoms with E-state index in [0.717, 1.165) is 0 Å². The molecule has 0 aromatic heterocycles. The van der Waals surface area contributed by atoms with E-state index >= 15 is 0 Å². The lowest BCUT2D eigenvalue weighted by atomic mass is 10.1. The topological polar surface area (TPSA) is 64.8 Å². The molecule has 1 unspecified atom stereocenters. The molecule has 5 nitrogen and oxygen atoms in total. The highest BCUT2D eigenvalue weighted by atomic mass is 16.5. The quantitative estimate of drug-likeness (QED) is 0.777. The van der Waals surface area contributed by atoms with Crippen LogP contribution >= 0.6 is 0 Å². The van der Waals surface area contributed by atoms with Gasteiger partial charge in [0, 0.05) is 19.2 Å². The van der Waals surface area contributed by atoms with Gasteiger partial charge in [0.1, 0.15) is 5.75 Å². The zero-order chi connectivity index (χ0) is 15.1. The number of nitrogen functional groups attached to an aromatic ring is 1. The van der Waals surface area contributed by atoms with Gasteiger partial charge in [0.2, 0.25) is 0 Å². The first-order valence-corrected chi connectivity index (χ1v) is 6.87. The van der Waals surface area contributed by atoms with Gasteiger partial charge < -0.3 is 20.1 Å². The van der Waals surface area contributed by atoms with Crippen LogP contribution in [-0.4, -0.2) is 43.7 Å². The normalized spacial score (nSPS) is 12.0. The number of rotatable bonds is 7. The van der Waals surface area contributed by atoms with Crippen molar-refractivity contribution in [1.82, 2.24) is 4.90 Å². The summed E-state index contributed by atoms with van der Waals surface area (Å²) >= 11 is 0. The summed E-state index contributed by atoms with van der Waals surface area (Å²) in [6, 6.07) is 5.16. The van der Waals surface area contributed by atoms with Crippen molar-refractivity contribution in [3.63, 3.8) is 0 Å². The summed E-state index contributed by atoms with van der Waals surface area (Å²) in [6.07, 6.45) is 0. The molecule has 0 heterocycles. The third kappa shape index (κ3) is 3.87. The Morgan fingerprint density at radius 1 is 1.40 bits per heavy atom. The number of anilines is 1. The molecular formula is C15H24N2O3. The Balaban J connectivity index is 2.92. The van der Waals surface area contributed by atoms with Crippen molar-refractivity contribution in [1.29, 1.82) is 0 Å². The van der Waals surface area contributed by atoms with E-state index in [9.17, 15) is 4.79 Å². The Hall–Kier alpha value is -1.75. The molecule has 1 amide bonds. The van der Waals surface area contributed by atoms with Gasteiger partial charge in [-0.15, -0.1) is 0 Å². The maximum atomic E-state index is 12.5. The standard InChI is InChI=1S/C15H24N2O3/c1-5-17(11(3)10-19-4)15(18)12-7-8-14(20-6-2)13(16)9-12/h7-9,11H,5-6,10,16H2,1-4H3. The lowest BCUT2D eigenvalue weighted by molar-refractivity contribution is 0.0579. The van der Waals surface area contributed by atoms with Crippen molar-refractivity contribution in [2.24, 2.45) is 0 Å². The van der Waals surface area contributed by atoms with Crippen LogP contribution in [0.3, 0.4) is 0 Å². The van der Waals surface area contributed by atoms with Crippen LogP contribution in [0.5, 0.6) is 5.75 Å². The van der Waals surface area contributed by atoms with Crippen LogP contribution in [0, 0.1) is 0 Å². The number of nitrogens with two attached hydrogens (primary N) is 1. The number of ether oxygens (including phenoxy) is 2. The highest BCUT2D eigenvalue weighted by Gasteiger charge is 2.20. The predicted molar refractivity (Wildman–Crippen MR) is 80.1 cm³/mol. The number of carbonyl (C=O) groups excluding carboxylic acids is 1. The molecule has 2 N–H and O–H groups in total. The lowest BCUT2D eigenvalue weighted by Gasteiger charge is -2.27. The van der Waals surface area contributed by atoms with E-state index < -0.39 is 0 Å². The maximum absolute atomic E-state index is 12.5. The fraction of sp³-hybridized carbons (Fsp3) is 0.533. The molecular weight excluding hydrogens is 256 g/mol. The number of amides is 1. The molecule has 0 aliphatic heterocycles. The van der Waals surface area contributed by atoms with Gasteiger partial charge in [0.15, 0.2) is 0 Å². The van der Waals surface area contributed by atoms with Crippen molar-refractivity contribution >= 4 is 11.6 Å². The number of methoxy groups -OCH3 is 1. The molecule has 0 bridgehead atoms. The molecule has 1 aromatic rings. The average molecular weight is 280 g/mol.